The second-order valence-electron chi connectivity index (χ2n) is 6.06. The minimum atomic E-state index is 0.250. The molecular weight excluding hydrogens is 198 g/mol. The summed E-state index contributed by atoms with van der Waals surface area (Å²) in [5.74, 6) is 0. The third kappa shape index (κ3) is 8.12. The Morgan fingerprint density at radius 3 is 2.12 bits per heavy atom. The Morgan fingerprint density at radius 1 is 1.12 bits per heavy atom. The second kappa shape index (κ2) is 8.08. The molecule has 0 heterocycles. The summed E-state index contributed by atoms with van der Waals surface area (Å²) >= 11 is 0. The molecule has 0 aromatic heterocycles. The maximum atomic E-state index is 9.40. The number of rotatable bonds is 8. The van der Waals surface area contributed by atoms with Crippen LogP contribution in [-0.2, 0) is 0 Å². The zero-order valence-corrected chi connectivity index (χ0v) is 11.8. The van der Waals surface area contributed by atoms with Crippen LogP contribution in [-0.4, -0.2) is 23.8 Å². The summed E-state index contributed by atoms with van der Waals surface area (Å²) in [6.45, 7) is 11.4. The highest BCUT2D eigenvalue weighted by molar-refractivity contribution is 4.77. The van der Waals surface area contributed by atoms with Gasteiger partial charge in [0.1, 0.15) is 0 Å². The van der Waals surface area contributed by atoms with Crippen molar-refractivity contribution in [2.45, 2.75) is 78.8 Å². The van der Waals surface area contributed by atoms with Crippen molar-refractivity contribution < 1.29 is 5.11 Å². The highest BCUT2D eigenvalue weighted by atomic mass is 16.3. The molecule has 2 heteroatoms. The monoisotopic (exact) mass is 229 g/mol. The van der Waals surface area contributed by atoms with Crippen molar-refractivity contribution in [1.29, 1.82) is 0 Å². The van der Waals surface area contributed by atoms with E-state index in [4.69, 9.17) is 0 Å². The number of unbranched alkanes of at least 4 members (excludes halogenated alkanes) is 1. The van der Waals surface area contributed by atoms with E-state index in [-0.39, 0.29) is 18.1 Å². The van der Waals surface area contributed by atoms with Crippen molar-refractivity contribution in [2.75, 3.05) is 6.61 Å². The van der Waals surface area contributed by atoms with E-state index in [0.717, 1.165) is 12.8 Å². The predicted octanol–water partition coefficient (Wildman–Crippen LogP) is 3.34. The quantitative estimate of drug-likeness (QED) is 0.669. The van der Waals surface area contributed by atoms with Gasteiger partial charge in [0.15, 0.2) is 0 Å². The molecule has 0 saturated heterocycles. The van der Waals surface area contributed by atoms with Crippen LogP contribution < -0.4 is 5.32 Å². The first-order valence-electron chi connectivity index (χ1n) is 6.79. The van der Waals surface area contributed by atoms with Crippen LogP contribution in [0.25, 0.3) is 0 Å². The Morgan fingerprint density at radius 2 is 1.75 bits per heavy atom. The fourth-order valence-corrected chi connectivity index (χ4v) is 2.10. The summed E-state index contributed by atoms with van der Waals surface area (Å²) in [6.07, 6.45) is 5.95. The van der Waals surface area contributed by atoms with Crippen LogP contribution in [0.3, 0.4) is 0 Å². The van der Waals surface area contributed by atoms with Crippen LogP contribution in [0.4, 0.5) is 0 Å². The van der Waals surface area contributed by atoms with Gasteiger partial charge in [-0.15, -0.1) is 0 Å². The van der Waals surface area contributed by atoms with Gasteiger partial charge in [-0.2, -0.15) is 0 Å². The van der Waals surface area contributed by atoms with E-state index in [2.05, 4.69) is 39.9 Å². The molecule has 0 rings (SSSR count). The van der Waals surface area contributed by atoms with Gasteiger partial charge in [-0.25, -0.2) is 0 Å². The molecule has 0 saturated carbocycles. The van der Waals surface area contributed by atoms with Crippen LogP contribution >= 0.6 is 0 Å². The van der Waals surface area contributed by atoms with Crippen LogP contribution in [0.2, 0.25) is 0 Å². The summed E-state index contributed by atoms with van der Waals surface area (Å²) in [5.41, 5.74) is 0.281. The Bertz CT molecular complexity index is 163. The van der Waals surface area contributed by atoms with E-state index < -0.39 is 0 Å². The number of nitrogens with one attached hydrogen (secondary N) is 1. The van der Waals surface area contributed by atoms with Crippen molar-refractivity contribution in [3.8, 4) is 0 Å². The molecular formula is C14H31NO. The molecule has 0 aromatic carbocycles. The van der Waals surface area contributed by atoms with Gasteiger partial charge in [-0.3, -0.25) is 0 Å². The average Bonchev–Trinajstić information content (AvgIpc) is 2.20. The molecule has 0 fully saturated rings. The summed E-state index contributed by atoms with van der Waals surface area (Å²) < 4.78 is 0. The lowest BCUT2D eigenvalue weighted by atomic mass is 9.88. The molecule has 0 spiro atoms. The fourth-order valence-electron chi connectivity index (χ4n) is 2.10. The zero-order valence-electron chi connectivity index (χ0n) is 11.8. The van der Waals surface area contributed by atoms with Crippen LogP contribution in [0.15, 0.2) is 0 Å². The molecule has 98 valence electrons. The molecule has 0 bridgehead atoms. The van der Waals surface area contributed by atoms with Crippen LogP contribution in [0, 0.1) is 5.41 Å². The van der Waals surface area contributed by atoms with Gasteiger partial charge in [0.05, 0.1) is 6.61 Å². The maximum absolute atomic E-state index is 9.40. The Labute approximate surface area is 102 Å². The van der Waals surface area contributed by atoms with Gasteiger partial charge in [0.25, 0.3) is 0 Å². The first-order valence-corrected chi connectivity index (χ1v) is 6.79. The normalized spacial score (nSPS) is 16.1. The van der Waals surface area contributed by atoms with Crippen molar-refractivity contribution in [2.24, 2.45) is 5.41 Å². The Balaban J connectivity index is 4.06. The van der Waals surface area contributed by atoms with Gasteiger partial charge in [-0.1, -0.05) is 47.5 Å². The van der Waals surface area contributed by atoms with E-state index >= 15 is 0 Å². The first-order chi connectivity index (χ1) is 7.42. The molecule has 2 N–H and O–H groups in total. The fraction of sp³-hybridized carbons (Fsp3) is 1.00. The van der Waals surface area contributed by atoms with Gasteiger partial charge in [0, 0.05) is 12.1 Å². The van der Waals surface area contributed by atoms with Crippen LogP contribution in [0.1, 0.15) is 66.7 Å². The topological polar surface area (TPSA) is 32.3 Å². The van der Waals surface area contributed by atoms with E-state index in [0.29, 0.717) is 6.04 Å². The number of aliphatic hydroxyl groups excluding tert-OH is 1. The van der Waals surface area contributed by atoms with Gasteiger partial charge in [0.2, 0.25) is 0 Å². The number of aliphatic hydroxyl groups is 1. The van der Waals surface area contributed by atoms with Crippen molar-refractivity contribution >= 4 is 0 Å². The molecule has 2 atom stereocenters. The van der Waals surface area contributed by atoms with Gasteiger partial charge < -0.3 is 10.4 Å². The van der Waals surface area contributed by atoms with E-state index in [1.807, 2.05) is 0 Å². The highest BCUT2D eigenvalue weighted by Crippen LogP contribution is 2.21. The lowest BCUT2D eigenvalue weighted by Gasteiger charge is -2.29. The standard InChI is InChI=1S/C14H31NO/c1-6-8-9-12(7-2)15-13(11-16)10-14(3,4)5/h12-13,15-16H,6-11H2,1-5H3. The minimum Gasteiger partial charge on any atom is -0.395 e. The van der Waals surface area contributed by atoms with E-state index in [1.165, 1.54) is 19.3 Å². The molecule has 0 radical (unpaired) electrons. The lowest BCUT2D eigenvalue weighted by Crippen LogP contribution is -2.42. The van der Waals surface area contributed by atoms with Crippen molar-refractivity contribution in [1.82, 2.24) is 5.32 Å². The third-order valence-corrected chi connectivity index (χ3v) is 2.95. The molecule has 0 aliphatic carbocycles. The predicted molar refractivity (Wildman–Crippen MR) is 71.7 cm³/mol. The molecule has 16 heavy (non-hydrogen) atoms. The zero-order chi connectivity index (χ0) is 12.6. The SMILES string of the molecule is CCCCC(CC)NC(CO)CC(C)(C)C. The molecule has 2 unspecified atom stereocenters. The highest BCUT2D eigenvalue weighted by Gasteiger charge is 2.20. The maximum Gasteiger partial charge on any atom is 0.0584 e. The Kier molecular flexibility index (Phi) is 8.04. The summed E-state index contributed by atoms with van der Waals surface area (Å²) in [7, 11) is 0. The average molecular weight is 229 g/mol. The summed E-state index contributed by atoms with van der Waals surface area (Å²) in [6, 6.07) is 0.821. The smallest absolute Gasteiger partial charge is 0.0584 e. The summed E-state index contributed by atoms with van der Waals surface area (Å²) in [4.78, 5) is 0. The third-order valence-electron chi connectivity index (χ3n) is 2.95. The Hall–Kier alpha value is -0.0800. The summed E-state index contributed by atoms with van der Waals surface area (Å²) in [5, 5.41) is 13.0. The largest absolute Gasteiger partial charge is 0.395 e. The second-order valence-corrected chi connectivity index (χ2v) is 6.06. The number of hydrogen-bond donors (Lipinski definition) is 2. The van der Waals surface area contributed by atoms with E-state index in [9.17, 15) is 5.11 Å². The van der Waals surface area contributed by atoms with Gasteiger partial charge in [-0.05, 0) is 24.7 Å². The molecule has 2 nitrogen and oxygen atoms in total. The molecule has 0 amide bonds. The first kappa shape index (κ1) is 15.9. The number of hydrogen-bond acceptors (Lipinski definition) is 2. The van der Waals surface area contributed by atoms with E-state index in [1.54, 1.807) is 0 Å². The van der Waals surface area contributed by atoms with Crippen molar-refractivity contribution in [3.63, 3.8) is 0 Å². The molecule has 0 aliphatic rings. The molecule has 0 aliphatic heterocycles. The van der Waals surface area contributed by atoms with Crippen LogP contribution in [0.5, 0.6) is 0 Å². The lowest BCUT2D eigenvalue weighted by molar-refractivity contribution is 0.184. The van der Waals surface area contributed by atoms with Crippen molar-refractivity contribution in [3.05, 3.63) is 0 Å². The van der Waals surface area contributed by atoms with Gasteiger partial charge >= 0.3 is 0 Å². The minimum absolute atomic E-state index is 0.250. The molecule has 0 aromatic rings.